The predicted octanol–water partition coefficient (Wildman–Crippen LogP) is 0.784. The van der Waals surface area contributed by atoms with Crippen molar-refractivity contribution in [3.63, 3.8) is 0 Å². The SMILES string of the molecule is CC[C@@]1(C)CCO[I-]2(OC(C)CC(C)OCO1)OC(C)C[C@H](C)O2. The Morgan fingerprint density at radius 2 is 1.46 bits per heavy atom. The van der Waals surface area contributed by atoms with E-state index in [1.54, 1.807) is 0 Å². The van der Waals surface area contributed by atoms with Gasteiger partial charge in [-0.05, 0) is 0 Å². The predicted molar refractivity (Wildman–Crippen MR) is 86.6 cm³/mol. The first-order valence-corrected chi connectivity index (χ1v) is 12.5. The second-order valence-electron chi connectivity index (χ2n) is 7.15. The van der Waals surface area contributed by atoms with E-state index in [-0.39, 0.29) is 30.0 Å². The summed E-state index contributed by atoms with van der Waals surface area (Å²) >= 11 is -3.66. The molecule has 0 aliphatic carbocycles. The van der Waals surface area contributed by atoms with Gasteiger partial charge in [0.2, 0.25) is 0 Å². The van der Waals surface area contributed by atoms with Crippen LogP contribution in [0, 0.1) is 0 Å². The molecule has 7 heteroatoms. The van der Waals surface area contributed by atoms with Gasteiger partial charge in [0.15, 0.2) is 0 Å². The third-order valence-corrected chi connectivity index (χ3v) is 10.1. The van der Waals surface area contributed by atoms with Crippen molar-refractivity contribution in [2.45, 2.75) is 97.2 Å². The van der Waals surface area contributed by atoms with Crippen molar-refractivity contribution in [1.82, 2.24) is 0 Å². The van der Waals surface area contributed by atoms with Crippen molar-refractivity contribution >= 4 is 0 Å². The third-order valence-electron chi connectivity index (χ3n) is 4.46. The Labute approximate surface area is 152 Å². The summed E-state index contributed by atoms with van der Waals surface area (Å²) in [7, 11) is 0. The second-order valence-corrected chi connectivity index (χ2v) is 11.5. The van der Waals surface area contributed by atoms with Crippen LogP contribution in [0.25, 0.3) is 0 Å². The first-order chi connectivity index (χ1) is 11.3. The summed E-state index contributed by atoms with van der Waals surface area (Å²) in [6.45, 7) is 13.2. The number of hydrogen-bond donors (Lipinski definition) is 0. The Balaban J connectivity index is 2.14. The van der Waals surface area contributed by atoms with Crippen LogP contribution in [0.2, 0.25) is 0 Å². The van der Waals surface area contributed by atoms with Crippen LogP contribution in [0.1, 0.15) is 67.2 Å². The zero-order valence-electron chi connectivity index (χ0n) is 15.9. The fraction of sp³-hybridized carbons (Fsp3) is 1.00. The van der Waals surface area contributed by atoms with Gasteiger partial charge < -0.3 is 0 Å². The molecular weight excluding hydrogens is 427 g/mol. The Morgan fingerprint density at radius 3 is 2.00 bits per heavy atom. The standard InChI is InChI=1S/C17H34IO6/c1-7-17(6)8-9-21-18(23-15(4)11-16(5)24-18)22-14(3)10-13(2)19-12-20-17/h13-16H,7-12H2,1-6H3/q-1/t13?,14?,15-,16?,17-/m0/s1. The van der Waals surface area contributed by atoms with Gasteiger partial charge in [0.1, 0.15) is 0 Å². The van der Waals surface area contributed by atoms with Gasteiger partial charge in [-0.1, -0.05) is 0 Å². The van der Waals surface area contributed by atoms with Gasteiger partial charge in [-0.25, -0.2) is 0 Å². The monoisotopic (exact) mass is 461 g/mol. The van der Waals surface area contributed by atoms with Crippen molar-refractivity contribution in [2.24, 2.45) is 0 Å². The normalized spacial score (nSPS) is 48.9. The van der Waals surface area contributed by atoms with Crippen LogP contribution in [-0.4, -0.2) is 43.4 Å². The number of rotatable bonds is 1. The molecule has 4 unspecified atom stereocenters. The molecule has 6 nitrogen and oxygen atoms in total. The van der Waals surface area contributed by atoms with E-state index in [0.29, 0.717) is 13.4 Å². The van der Waals surface area contributed by atoms with E-state index in [2.05, 4.69) is 27.7 Å². The molecule has 2 heterocycles. The van der Waals surface area contributed by atoms with Gasteiger partial charge in [-0.3, -0.25) is 0 Å². The van der Waals surface area contributed by atoms with Crippen molar-refractivity contribution in [3.8, 4) is 0 Å². The Morgan fingerprint density at radius 1 is 0.917 bits per heavy atom. The first kappa shape index (κ1) is 20.8. The number of halogens is 1. The molecule has 2 aliphatic heterocycles. The molecule has 2 saturated heterocycles. The molecule has 2 aliphatic rings. The van der Waals surface area contributed by atoms with E-state index in [9.17, 15) is 0 Å². The Hall–Kier alpha value is 0.490. The van der Waals surface area contributed by atoms with E-state index in [1.165, 1.54) is 0 Å². The van der Waals surface area contributed by atoms with Gasteiger partial charge in [-0.15, -0.1) is 0 Å². The summed E-state index contributed by atoms with van der Waals surface area (Å²) < 4.78 is 36.5. The van der Waals surface area contributed by atoms with Gasteiger partial charge >= 0.3 is 152 Å². The first-order valence-electron chi connectivity index (χ1n) is 8.99. The molecule has 24 heavy (non-hydrogen) atoms. The third kappa shape index (κ3) is 6.03. The summed E-state index contributed by atoms with van der Waals surface area (Å²) in [5, 5.41) is 0. The molecular formula is C17H34IO6-. The zero-order valence-corrected chi connectivity index (χ0v) is 18.0. The molecule has 0 aromatic carbocycles. The van der Waals surface area contributed by atoms with Gasteiger partial charge in [-0.2, -0.15) is 0 Å². The minimum atomic E-state index is -3.66. The molecule has 0 radical (unpaired) electrons. The summed E-state index contributed by atoms with van der Waals surface area (Å²) in [5.41, 5.74) is -0.279. The van der Waals surface area contributed by atoms with Crippen molar-refractivity contribution < 1.29 is 41.8 Å². The van der Waals surface area contributed by atoms with Crippen LogP contribution in [0.4, 0.5) is 0 Å². The molecule has 146 valence electrons. The molecule has 0 aromatic rings. The van der Waals surface area contributed by atoms with E-state index in [0.717, 1.165) is 25.7 Å². The van der Waals surface area contributed by atoms with E-state index in [1.807, 2.05) is 13.8 Å². The van der Waals surface area contributed by atoms with Crippen LogP contribution >= 0.6 is 0 Å². The summed E-state index contributed by atoms with van der Waals surface area (Å²) in [4.78, 5) is 0. The summed E-state index contributed by atoms with van der Waals surface area (Å²) in [5.74, 6) is 0. The van der Waals surface area contributed by atoms with Gasteiger partial charge in [0, 0.05) is 0 Å². The molecule has 6 atom stereocenters. The van der Waals surface area contributed by atoms with E-state index in [4.69, 9.17) is 21.7 Å². The Bertz CT molecular complexity index is 385. The molecule has 1 spiro atoms. The molecule has 2 fully saturated rings. The van der Waals surface area contributed by atoms with Crippen LogP contribution < -0.4 is 20.1 Å². The van der Waals surface area contributed by atoms with Crippen LogP contribution in [0.15, 0.2) is 0 Å². The second kappa shape index (κ2) is 8.92. The van der Waals surface area contributed by atoms with Crippen LogP contribution in [0.3, 0.4) is 0 Å². The molecule has 2 rings (SSSR count). The molecule has 0 amide bonds. The zero-order chi connectivity index (χ0) is 17.8. The summed E-state index contributed by atoms with van der Waals surface area (Å²) in [6, 6.07) is 0. The van der Waals surface area contributed by atoms with Crippen molar-refractivity contribution in [2.75, 3.05) is 13.4 Å². The fourth-order valence-electron chi connectivity index (χ4n) is 2.80. The number of ether oxygens (including phenoxy) is 2. The van der Waals surface area contributed by atoms with Gasteiger partial charge in [0.25, 0.3) is 0 Å². The van der Waals surface area contributed by atoms with E-state index < -0.39 is 20.1 Å². The molecule has 0 bridgehead atoms. The average Bonchev–Trinajstić information content (AvgIpc) is 2.44. The topological polar surface area (TPSA) is 55.4 Å². The van der Waals surface area contributed by atoms with Crippen LogP contribution in [-0.2, 0) is 21.7 Å². The Kier molecular flexibility index (Phi) is 7.73. The minimum absolute atomic E-state index is 0.0390. The average molecular weight is 461 g/mol. The maximum absolute atomic E-state index is 6.26. The fourth-order valence-corrected chi connectivity index (χ4v) is 8.18. The molecule has 0 saturated carbocycles. The quantitative estimate of drug-likeness (QED) is 0.539. The molecule has 0 aromatic heterocycles. The molecule has 0 N–H and O–H groups in total. The number of hydrogen-bond acceptors (Lipinski definition) is 6. The summed E-state index contributed by atoms with van der Waals surface area (Å²) in [6.07, 6.45) is 3.42. The van der Waals surface area contributed by atoms with Crippen molar-refractivity contribution in [1.29, 1.82) is 0 Å². The maximum atomic E-state index is 6.26. The van der Waals surface area contributed by atoms with Gasteiger partial charge in [0.05, 0.1) is 0 Å². The van der Waals surface area contributed by atoms with Crippen LogP contribution in [0.5, 0.6) is 0 Å². The van der Waals surface area contributed by atoms with E-state index >= 15 is 0 Å². The van der Waals surface area contributed by atoms with Crippen molar-refractivity contribution in [3.05, 3.63) is 0 Å².